The van der Waals surface area contributed by atoms with Crippen LogP contribution in [0.3, 0.4) is 0 Å². The Morgan fingerprint density at radius 3 is 2.44 bits per heavy atom. The Hall–Kier alpha value is -2.05. The summed E-state index contributed by atoms with van der Waals surface area (Å²) in [6, 6.07) is -0.848. The molecular weight excluding hydrogens is 482 g/mol. The predicted molar refractivity (Wildman–Crippen MR) is 132 cm³/mol. The van der Waals surface area contributed by atoms with Crippen LogP contribution in [0.4, 0.5) is 0 Å². The van der Waals surface area contributed by atoms with Crippen LogP contribution in [-0.2, 0) is 28.7 Å². The van der Waals surface area contributed by atoms with Crippen molar-refractivity contribution < 1.29 is 33.8 Å². The van der Waals surface area contributed by atoms with Crippen LogP contribution in [0.25, 0.3) is 0 Å². The number of nitrogens with zero attached hydrogens (tertiary/aromatic N) is 2. The molecule has 1 aliphatic heterocycles. The lowest BCUT2D eigenvalue weighted by molar-refractivity contribution is -0.148. The fraction of sp³-hybridized carbons (Fsp3) is 0.682. The van der Waals surface area contributed by atoms with Gasteiger partial charge >= 0.3 is 5.97 Å². The van der Waals surface area contributed by atoms with E-state index in [2.05, 4.69) is 5.32 Å². The molecule has 0 aromatic carbocycles. The number of carboxylic acid groups (broad SMARTS) is 1. The van der Waals surface area contributed by atoms with Gasteiger partial charge in [0.1, 0.15) is 6.04 Å². The summed E-state index contributed by atoms with van der Waals surface area (Å²) < 4.78 is 5.19. The number of hydrogen-bond acceptors (Lipinski definition) is 8. The van der Waals surface area contributed by atoms with E-state index in [9.17, 15) is 24.0 Å². The van der Waals surface area contributed by atoms with Crippen LogP contribution in [0.1, 0.15) is 46.5 Å². The van der Waals surface area contributed by atoms with Crippen molar-refractivity contribution in [2.24, 2.45) is 0 Å². The normalized spacial score (nSPS) is 14.4. The second-order valence-corrected chi connectivity index (χ2v) is 11.5. The van der Waals surface area contributed by atoms with Gasteiger partial charge in [-0.2, -0.15) is 0 Å². The predicted octanol–water partition coefficient (Wildman–Crippen LogP) is 1.70. The number of carbonyl (C=O) groups is 5. The van der Waals surface area contributed by atoms with E-state index in [0.717, 1.165) is 10.7 Å². The third kappa shape index (κ3) is 11.4. The van der Waals surface area contributed by atoms with E-state index in [0.29, 0.717) is 32.4 Å². The molecule has 0 fully saturated rings. The zero-order chi connectivity index (χ0) is 25.7. The molecule has 34 heavy (non-hydrogen) atoms. The van der Waals surface area contributed by atoms with Gasteiger partial charge < -0.3 is 20.1 Å². The summed E-state index contributed by atoms with van der Waals surface area (Å²) in [5.41, 5.74) is 0. The Labute approximate surface area is 208 Å². The second-order valence-electron chi connectivity index (χ2n) is 8.41. The van der Waals surface area contributed by atoms with Crippen molar-refractivity contribution in [2.45, 2.75) is 57.2 Å². The molecule has 0 aromatic rings. The lowest BCUT2D eigenvalue weighted by atomic mass is 10.1. The minimum Gasteiger partial charge on any atom is -0.480 e. The molecule has 1 aliphatic rings. The van der Waals surface area contributed by atoms with Crippen molar-refractivity contribution >= 4 is 51.2 Å². The maximum absolute atomic E-state index is 12.2. The van der Waals surface area contributed by atoms with Gasteiger partial charge in [0, 0.05) is 49.1 Å². The average Bonchev–Trinajstić information content (AvgIpc) is 3.10. The highest BCUT2D eigenvalue weighted by molar-refractivity contribution is 8.77. The maximum Gasteiger partial charge on any atom is 0.326 e. The number of imide groups is 1. The molecule has 0 bridgehead atoms. The number of carboxylic acids is 1. The number of carbonyl (C=O) groups excluding carboxylic acids is 4. The van der Waals surface area contributed by atoms with Gasteiger partial charge in [-0.15, -0.1) is 0 Å². The van der Waals surface area contributed by atoms with Crippen LogP contribution in [-0.4, -0.2) is 94.4 Å². The highest BCUT2D eigenvalue weighted by Crippen LogP contribution is 2.39. The fourth-order valence-corrected chi connectivity index (χ4v) is 5.42. The lowest BCUT2D eigenvalue weighted by Gasteiger charge is -2.26. The van der Waals surface area contributed by atoms with Gasteiger partial charge in [0.15, 0.2) is 0 Å². The van der Waals surface area contributed by atoms with E-state index in [1.54, 1.807) is 21.6 Å². The molecule has 0 saturated carbocycles. The summed E-state index contributed by atoms with van der Waals surface area (Å²) in [6.07, 6.45) is 4.46. The van der Waals surface area contributed by atoms with Crippen molar-refractivity contribution in [1.29, 1.82) is 0 Å². The van der Waals surface area contributed by atoms with Gasteiger partial charge in [0.25, 0.3) is 11.8 Å². The first kappa shape index (κ1) is 30.0. The average molecular weight is 518 g/mol. The molecule has 0 spiro atoms. The van der Waals surface area contributed by atoms with Gasteiger partial charge in [0.05, 0.1) is 19.8 Å². The SMILES string of the molecule is C[C@@H](C(=O)O)N(C)C(=O)CCC(C)(C)SSCCCC(=O)NCCOCCN1C(=O)C=CC1=O. The summed E-state index contributed by atoms with van der Waals surface area (Å²) in [7, 11) is 4.81. The van der Waals surface area contributed by atoms with Crippen molar-refractivity contribution in [3.8, 4) is 0 Å². The summed E-state index contributed by atoms with van der Waals surface area (Å²) in [4.78, 5) is 60.2. The number of amides is 4. The number of rotatable bonds is 17. The molecule has 2 N–H and O–H groups in total. The molecule has 1 heterocycles. The van der Waals surface area contributed by atoms with E-state index in [-0.39, 0.29) is 47.9 Å². The van der Waals surface area contributed by atoms with Crippen LogP contribution < -0.4 is 5.32 Å². The van der Waals surface area contributed by atoms with Crippen molar-refractivity contribution in [3.05, 3.63) is 12.2 Å². The van der Waals surface area contributed by atoms with Gasteiger partial charge in [-0.1, -0.05) is 21.6 Å². The molecular formula is C22H35N3O7S2. The molecule has 10 nitrogen and oxygen atoms in total. The molecule has 1 atom stereocenters. The van der Waals surface area contributed by atoms with Crippen molar-refractivity contribution in [1.82, 2.24) is 15.1 Å². The second kappa shape index (κ2) is 15.0. The van der Waals surface area contributed by atoms with Crippen LogP contribution >= 0.6 is 21.6 Å². The highest BCUT2D eigenvalue weighted by atomic mass is 33.1. The van der Waals surface area contributed by atoms with E-state index in [1.807, 2.05) is 13.8 Å². The number of nitrogens with one attached hydrogen (secondary N) is 1. The Balaban J connectivity index is 2.06. The zero-order valence-electron chi connectivity index (χ0n) is 20.2. The molecule has 4 amide bonds. The molecule has 0 saturated heterocycles. The topological polar surface area (TPSA) is 133 Å². The third-order valence-corrected chi connectivity index (χ3v) is 8.55. The number of hydrogen-bond donors (Lipinski definition) is 2. The molecule has 0 unspecified atom stereocenters. The van der Waals surface area contributed by atoms with Crippen LogP contribution in [0.2, 0.25) is 0 Å². The molecule has 192 valence electrons. The molecule has 0 radical (unpaired) electrons. The number of likely N-dealkylation sites (N-methyl/N-ethyl adjacent to an activating group) is 1. The first-order valence-corrected chi connectivity index (χ1v) is 13.4. The number of ether oxygens (including phenoxy) is 1. The Kier molecular flexibility index (Phi) is 13.3. The Bertz CT molecular complexity index is 756. The summed E-state index contributed by atoms with van der Waals surface area (Å²) >= 11 is 0. The van der Waals surface area contributed by atoms with Gasteiger partial charge in [0.2, 0.25) is 11.8 Å². The highest BCUT2D eigenvalue weighted by Gasteiger charge is 2.25. The fourth-order valence-electron chi connectivity index (χ4n) is 2.76. The monoisotopic (exact) mass is 517 g/mol. The Morgan fingerprint density at radius 2 is 1.82 bits per heavy atom. The van der Waals surface area contributed by atoms with Gasteiger partial charge in [-0.25, -0.2) is 4.79 Å². The van der Waals surface area contributed by atoms with Crippen LogP contribution in [0, 0.1) is 0 Å². The molecule has 12 heteroatoms. The smallest absolute Gasteiger partial charge is 0.326 e. The van der Waals surface area contributed by atoms with E-state index >= 15 is 0 Å². The van der Waals surface area contributed by atoms with Gasteiger partial charge in [-0.05, 0) is 33.6 Å². The zero-order valence-corrected chi connectivity index (χ0v) is 21.8. The Morgan fingerprint density at radius 1 is 1.18 bits per heavy atom. The lowest BCUT2D eigenvalue weighted by Crippen LogP contribution is -2.40. The van der Waals surface area contributed by atoms with E-state index in [1.165, 1.54) is 31.0 Å². The standard InChI is InChI=1S/C22H35N3O7S2/c1-16(21(30)31)24(4)18(27)9-10-22(2,3)34-33-15-5-6-17(26)23-11-13-32-14-12-25-19(28)7-8-20(25)29/h7-8,16H,5-6,9-15H2,1-4H3,(H,23,26)(H,30,31)/t16-/m0/s1. The first-order valence-electron chi connectivity index (χ1n) is 11.1. The first-order chi connectivity index (χ1) is 15.9. The minimum atomic E-state index is -1.03. The third-order valence-electron chi connectivity index (χ3n) is 5.12. The molecule has 0 aromatic heterocycles. The quantitative estimate of drug-likeness (QED) is 0.168. The van der Waals surface area contributed by atoms with Crippen LogP contribution in [0.15, 0.2) is 12.2 Å². The van der Waals surface area contributed by atoms with Gasteiger partial charge in [-0.3, -0.25) is 24.1 Å². The van der Waals surface area contributed by atoms with E-state index < -0.39 is 12.0 Å². The molecule has 1 rings (SSSR count). The van der Waals surface area contributed by atoms with Crippen molar-refractivity contribution in [3.63, 3.8) is 0 Å². The minimum absolute atomic E-state index is 0.0660. The summed E-state index contributed by atoms with van der Waals surface area (Å²) in [6.45, 7) is 6.63. The molecule has 0 aliphatic carbocycles. The number of aliphatic carboxylic acids is 1. The largest absolute Gasteiger partial charge is 0.480 e. The summed E-state index contributed by atoms with van der Waals surface area (Å²) in [5, 5.41) is 11.8. The maximum atomic E-state index is 12.2. The van der Waals surface area contributed by atoms with E-state index in [4.69, 9.17) is 9.84 Å². The van der Waals surface area contributed by atoms with Crippen LogP contribution in [0.5, 0.6) is 0 Å². The van der Waals surface area contributed by atoms with Crippen molar-refractivity contribution in [2.75, 3.05) is 39.1 Å². The summed E-state index contributed by atoms with van der Waals surface area (Å²) in [5.74, 6) is -1.18.